The zero-order valence-electron chi connectivity index (χ0n) is 8.00. The first-order chi connectivity index (χ1) is 6.27. The monoisotopic (exact) mass is 175 g/mol. The second-order valence-electron chi connectivity index (χ2n) is 3.33. The molecule has 0 radical (unpaired) electrons. The number of aryl methyl sites for hydroxylation is 2. The van der Waals surface area contributed by atoms with Crippen LogP contribution < -0.4 is 0 Å². The third kappa shape index (κ3) is 1.57. The molecule has 2 heteroatoms. The van der Waals surface area contributed by atoms with Crippen molar-refractivity contribution < 1.29 is 4.74 Å². The Morgan fingerprint density at radius 2 is 2.08 bits per heavy atom. The van der Waals surface area contributed by atoms with Crippen LogP contribution in [0.1, 0.15) is 16.7 Å². The van der Waals surface area contributed by atoms with E-state index < -0.39 is 0 Å². The van der Waals surface area contributed by atoms with E-state index in [0.29, 0.717) is 0 Å². The summed E-state index contributed by atoms with van der Waals surface area (Å²) in [6.07, 6.45) is 0. The van der Waals surface area contributed by atoms with E-state index >= 15 is 0 Å². The Morgan fingerprint density at radius 1 is 1.23 bits per heavy atom. The van der Waals surface area contributed by atoms with Crippen molar-refractivity contribution >= 4 is 5.90 Å². The molecule has 1 aliphatic rings. The lowest BCUT2D eigenvalue weighted by Crippen LogP contribution is -2.01. The first-order valence-electron chi connectivity index (χ1n) is 4.52. The fraction of sp³-hybridized carbons (Fsp3) is 0.364. The highest BCUT2D eigenvalue weighted by atomic mass is 16.5. The minimum Gasteiger partial charge on any atom is -0.476 e. The maximum absolute atomic E-state index is 5.38. The van der Waals surface area contributed by atoms with Crippen LogP contribution in [0.2, 0.25) is 0 Å². The Labute approximate surface area is 78.3 Å². The van der Waals surface area contributed by atoms with Gasteiger partial charge in [-0.15, -0.1) is 0 Å². The molecule has 1 aromatic rings. The van der Waals surface area contributed by atoms with Crippen LogP contribution in [0.5, 0.6) is 0 Å². The lowest BCUT2D eigenvalue weighted by Gasteiger charge is -2.04. The highest BCUT2D eigenvalue weighted by Gasteiger charge is 2.10. The molecule has 1 aliphatic heterocycles. The molecule has 68 valence electrons. The van der Waals surface area contributed by atoms with Crippen LogP contribution in [-0.4, -0.2) is 19.0 Å². The van der Waals surface area contributed by atoms with Crippen LogP contribution in [0.25, 0.3) is 0 Å². The van der Waals surface area contributed by atoms with Crippen LogP contribution in [0.15, 0.2) is 23.2 Å². The van der Waals surface area contributed by atoms with Gasteiger partial charge >= 0.3 is 0 Å². The lowest BCUT2D eigenvalue weighted by atomic mass is 10.1. The van der Waals surface area contributed by atoms with E-state index in [-0.39, 0.29) is 0 Å². The smallest absolute Gasteiger partial charge is 0.216 e. The van der Waals surface area contributed by atoms with Crippen LogP contribution in [-0.2, 0) is 4.74 Å². The maximum Gasteiger partial charge on any atom is 0.216 e. The molecule has 2 nitrogen and oxygen atoms in total. The van der Waals surface area contributed by atoms with Gasteiger partial charge in [-0.25, -0.2) is 4.99 Å². The van der Waals surface area contributed by atoms with Gasteiger partial charge in [-0.1, -0.05) is 6.07 Å². The fourth-order valence-electron chi connectivity index (χ4n) is 1.38. The second-order valence-corrected chi connectivity index (χ2v) is 3.33. The van der Waals surface area contributed by atoms with Crippen molar-refractivity contribution in [2.75, 3.05) is 13.2 Å². The number of aliphatic imine (C=N–C) groups is 1. The standard InChI is InChI=1S/C11H13NO/c1-8-3-4-10(7-9(8)2)11-12-5-6-13-11/h3-4,7H,5-6H2,1-2H3. The molecular weight excluding hydrogens is 162 g/mol. The molecular formula is C11H13NO. The summed E-state index contributed by atoms with van der Waals surface area (Å²) in [4.78, 5) is 4.27. The van der Waals surface area contributed by atoms with Crippen molar-refractivity contribution in [3.63, 3.8) is 0 Å². The third-order valence-electron chi connectivity index (χ3n) is 2.34. The number of rotatable bonds is 1. The average molecular weight is 175 g/mol. The first kappa shape index (κ1) is 8.30. The fourth-order valence-corrected chi connectivity index (χ4v) is 1.38. The van der Waals surface area contributed by atoms with Gasteiger partial charge in [0.05, 0.1) is 6.54 Å². The predicted molar refractivity (Wildman–Crippen MR) is 53.3 cm³/mol. The number of hydrogen-bond donors (Lipinski definition) is 0. The molecule has 1 aromatic carbocycles. The van der Waals surface area contributed by atoms with Crippen molar-refractivity contribution in [3.8, 4) is 0 Å². The van der Waals surface area contributed by atoms with Gasteiger partial charge in [0.2, 0.25) is 5.90 Å². The molecule has 0 aliphatic carbocycles. The van der Waals surface area contributed by atoms with Crippen molar-refractivity contribution in [2.24, 2.45) is 4.99 Å². The average Bonchev–Trinajstić information content (AvgIpc) is 2.62. The van der Waals surface area contributed by atoms with Crippen LogP contribution in [0.3, 0.4) is 0 Å². The zero-order chi connectivity index (χ0) is 9.26. The molecule has 0 amide bonds. The van der Waals surface area contributed by atoms with Gasteiger partial charge in [-0.05, 0) is 37.1 Å². The number of benzene rings is 1. The molecule has 0 atom stereocenters. The summed E-state index contributed by atoms with van der Waals surface area (Å²) in [7, 11) is 0. The van der Waals surface area contributed by atoms with E-state index in [1.807, 2.05) is 0 Å². The minimum atomic E-state index is 0.724. The van der Waals surface area contributed by atoms with E-state index in [4.69, 9.17) is 4.74 Å². The Bertz CT molecular complexity index is 355. The van der Waals surface area contributed by atoms with Gasteiger partial charge in [0.15, 0.2) is 0 Å². The molecule has 0 unspecified atom stereocenters. The topological polar surface area (TPSA) is 21.6 Å². The summed E-state index contributed by atoms with van der Waals surface area (Å²) in [6, 6.07) is 6.29. The van der Waals surface area contributed by atoms with Gasteiger partial charge in [-0.2, -0.15) is 0 Å². The lowest BCUT2D eigenvalue weighted by molar-refractivity contribution is 0.348. The largest absolute Gasteiger partial charge is 0.476 e. The number of ether oxygens (including phenoxy) is 1. The van der Waals surface area contributed by atoms with E-state index in [0.717, 1.165) is 24.6 Å². The number of nitrogens with zero attached hydrogens (tertiary/aromatic N) is 1. The molecule has 0 fully saturated rings. The molecule has 0 spiro atoms. The molecule has 0 saturated heterocycles. The Hall–Kier alpha value is -1.31. The molecule has 0 bridgehead atoms. The maximum atomic E-state index is 5.38. The van der Waals surface area contributed by atoms with Crippen molar-refractivity contribution in [1.82, 2.24) is 0 Å². The molecule has 13 heavy (non-hydrogen) atoms. The Morgan fingerprint density at radius 3 is 2.69 bits per heavy atom. The van der Waals surface area contributed by atoms with Gasteiger partial charge < -0.3 is 4.74 Å². The highest BCUT2D eigenvalue weighted by Crippen LogP contribution is 2.13. The highest BCUT2D eigenvalue weighted by molar-refractivity contribution is 5.95. The summed E-state index contributed by atoms with van der Waals surface area (Å²) in [6.45, 7) is 5.73. The molecule has 0 N–H and O–H groups in total. The molecule has 0 saturated carbocycles. The van der Waals surface area contributed by atoms with Gasteiger partial charge in [0.1, 0.15) is 6.61 Å². The molecule has 1 heterocycles. The zero-order valence-corrected chi connectivity index (χ0v) is 8.00. The van der Waals surface area contributed by atoms with E-state index in [1.165, 1.54) is 11.1 Å². The normalized spacial score (nSPS) is 15.4. The van der Waals surface area contributed by atoms with E-state index in [2.05, 4.69) is 37.0 Å². The molecule has 2 rings (SSSR count). The second kappa shape index (κ2) is 3.21. The first-order valence-corrected chi connectivity index (χ1v) is 4.52. The Balaban J connectivity index is 2.36. The summed E-state index contributed by atoms with van der Waals surface area (Å²) < 4.78 is 5.38. The quantitative estimate of drug-likeness (QED) is 0.640. The minimum absolute atomic E-state index is 0.724. The summed E-state index contributed by atoms with van der Waals surface area (Å²) in [5, 5.41) is 0. The van der Waals surface area contributed by atoms with Crippen LogP contribution >= 0.6 is 0 Å². The predicted octanol–water partition coefficient (Wildman–Crippen LogP) is 2.08. The van der Waals surface area contributed by atoms with Gasteiger partial charge in [0.25, 0.3) is 0 Å². The van der Waals surface area contributed by atoms with E-state index in [9.17, 15) is 0 Å². The van der Waals surface area contributed by atoms with Crippen LogP contribution in [0, 0.1) is 13.8 Å². The van der Waals surface area contributed by atoms with Crippen molar-refractivity contribution in [2.45, 2.75) is 13.8 Å². The summed E-state index contributed by atoms with van der Waals surface area (Å²) in [5.74, 6) is 0.795. The summed E-state index contributed by atoms with van der Waals surface area (Å²) >= 11 is 0. The Kier molecular flexibility index (Phi) is 2.05. The van der Waals surface area contributed by atoms with Gasteiger partial charge in [-0.3, -0.25) is 0 Å². The SMILES string of the molecule is Cc1ccc(C2=NCCO2)cc1C. The van der Waals surface area contributed by atoms with Crippen molar-refractivity contribution in [3.05, 3.63) is 34.9 Å². The molecule has 0 aromatic heterocycles. The van der Waals surface area contributed by atoms with Crippen molar-refractivity contribution in [1.29, 1.82) is 0 Å². The van der Waals surface area contributed by atoms with Gasteiger partial charge in [0, 0.05) is 5.56 Å². The van der Waals surface area contributed by atoms with Crippen LogP contribution in [0.4, 0.5) is 0 Å². The van der Waals surface area contributed by atoms with E-state index in [1.54, 1.807) is 0 Å². The number of hydrogen-bond acceptors (Lipinski definition) is 2. The third-order valence-corrected chi connectivity index (χ3v) is 2.34. The summed E-state index contributed by atoms with van der Waals surface area (Å²) in [5.41, 5.74) is 3.69.